The molecule has 0 atom stereocenters. The second-order valence-corrected chi connectivity index (χ2v) is 5.41. The van der Waals surface area contributed by atoms with Gasteiger partial charge in [0.2, 0.25) is 0 Å². The van der Waals surface area contributed by atoms with Gasteiger partial charge < -0.3 is 5.32 Å². The second kappa shape index (κ2) is 6.44. The summed E-state index contributed by atoms with van der Waals surface area (Å²) in [6.07, 6.45) is 1.30. The van der Waals surface area contributed by atoms with Crippen molar-refractivity contribution in [3.05, 3.63) is 62.4 Å². The number of rotatable bonds is 3. The Morgan fingerprint density at radius 1 is 1.15 bits per heavy atom. The molecule has 0 radical (unpaired) electrons. The molecule has 0 spiro atoms. The first-order valence-electron chi connectivity index (χ1n) is 5.82. The minimum absolute atomic E-state index is 0.0561. The van der Waals surface area contributed by atoms with Gasteiger partial charge in [-0.05, 0) is 12.5 Å². The average molecular weight is 330 g/mol. The van der Waals surface area contributed by atoms with Gasteiger partial charge in [-0.25, -0.2) is 4.98 Å². The highest BCUT2D eigenvalue weighted by atomic mass is 35.5. The van der Waals surface area contributed by atoms with Crippen LogP contribution in [0.25, 0.3) is 0 Å². The Morgan fingerprint density at radius 3 is 2.45 bits per heavy atom. The molecular weight excluding hydrogens is 319 g/mol. The Kier molecular flexibility index (Phi) is 4.86. The third-order valence-corrected chi connectivity index (χ3v) is 3.95. The molecule has 2 aromatic rings. The van der Waals surface area contributed by atoms with Gasteiger partial charge in [0.1, 0.15) is 5.69 Å². The summed E-state index contributed by atoms with van der Waals surface area (Å²) in [6.45, 7) is 2.39. The van der Waals surface area contributed by atoms with Crippen molar-refractivity contribution < 1.29 is 4.79 Å². The maximum atomic E-state index is 12.0. The molecule has 1 amide bonds. The van der Waals surface area contributed by atoms with Gasteiger partial charge in [-0.1, -0.05) is 64.6 Å². The molecule has 0 fully saturated rings. The van der Waals surface area contributed by atoms with Gasteiger partial charge in [0.05, 0.1) is 15.1 Å². The van der Waals surface area contributed by atoms with Crippen molar-refractivity contribution in [1.29, 1.82) is 0 Å². The third kappa shape index (κ3) is 3.42. The first kappa shape index (κ1) is 15.1. The Hall–Kier alpha value is -1.29. The van der Waals surface area contributed by atoms with E-state index in [1.54, 1.807) is 0 Å². The standard InChI is InChI=1S/C14H11Cl3N2O/c1-8-2-4-9(5-3-8)6-19-14(20)13-12(17)11(16)10(15)7-18-13/h2-5,7H,6H2,1H3,(H,19,20). The molecule has 0 aliphatic rings. The number of nitrogens with zero attached hydrogens (tertiary/aromatic N) is 1. The topological polar surface area (TPSA) is 42.0 Å². The van der Waals surface area contributed by atoms with Gasteiger partial charge in [0.25, 0.3) is 5.91 Å². The number of nitrogens with one attached hydrogen (secondary N) is 1. The minimum atomic E-state index is -0.394. The van der Waals surface area contributed by atoms with Crippen molar-refractivity contribution in [2.24, 2.45) is 0 Å². The van der Waals surface area contributed by atoms with Crippen molar-refractivity contribution in [3.8, 4) is 0 Å². The summed E-state index contributed by atoms with van der Waals surface area (Å²) in [5.74, 6) is -0.394. The molecule has 0 bridgehead atoms. The fourth-order valence-corrected chi connectivity index (χ4v) is 2.14. The molecule has 1 aromatic heterocycles. The fourth-order valence-electron chi connectivity index (χ4n) is 1.57. The summed E-state index contributed by atoms with van der Waals surface area (Å²) in [7, 11) is 0. The van der Waals surface area contributed by atoms with Crippen molar-refractivity contribution in [1.82, 2.24) is 10.3 Å². The van der Waals surface area contributed by atoms with Crippen LogP contribution < -0.4 is 5.32 Å². The minimum Gasteiger partial charge on any atom is -0.347 e. The molecule has 2 rings (SSSR count). The molecular formula is C14H11Cl3N2O. The third-order valence-electron chi connectivity index (χ3n) is 2.71. The summed E-state index contributed by atoms with van der Waals surface area (Å²) < 4.78 is 0. The average Bonchev–Trinajstić information content (AvgIpc) is 2.44. The number of aromatic nitrogens is 1. The molecule has 0 aliphatic heterocycles. The van der Waals surface area contributed by atoms with Gasteiger partial charge in [-0.15, -0.1) is 0 Å². The van der Waals surface area contributed by atoms with E-state index in [2.05, 4.69) is 10.3 Å². The Bertz CT molecular complexity index is 642. The Balaban J connectivity index is 2.09. The van der Waals surface area contributed by atoms with Crippen LogP contribution in [0.3, 0.4) is 0 Å². The Labute approximate surface area is 131 Å². The molecule has 1 aromatic carbocycles. The number of halogens is 3. The smallest absolute Gasteiger partial charge is 0.271 e. The highest BCUT2D eigenvalue weighted by Gasteiger charge is 2.16. The fraction of sp³-hybridized carbons (Fsp3) is 0.143. The lowest BCUT2D eigenvalue weighted by molar-refractivity contribution is 0.0946. The van der Waals surface area contributed by atoms with E-state index in [4.69, 9.17) is 34.8 Å². The van der Waals surface area contributed by atoms with E-state index in [0.717, 1.165) is 11.1 Å². The number of hydrogen-bond donors (Lipinski definition) is 1. The number of carbonyl (C=O) groups is 1. The van der Waals surface area contributed by atoms with Crippen molar-refractivity contribution >= 4 is 40.7 Å². The molecule has 1 N–H and O–H groups in total. The van der Waals surface area contributed by atoms with Gasteiger partial charge >= 0.3 is 0 Å². The summed E-state index contributed by atoms with van der Waals surface area (Å²) in [5.41, 5.74) is 2.21. The molecule has 0 saturated carbocycles. The van der Waals surface area contributed by atoms with Crippen LogP contribution in [-0.4, -0.2) is 10.9 Å². The van der Waals surface area contributed by atoms with Crippen LogP contribution in [0.15, 0.2) is 30.5 Å². The molecule has 0 unspecified atom stereocenters. The zero-order valence-corrected chi connectivity index (χ0v) is 12.9. The lowest BCUT2D eigenvalue weighted by atomic mass is 10.1. The maximum Gasteiger partial charge on any atom is 0.271 e. The van der Waals surface area contributed by atoms with E-state index in [9.17, 15) is 4.79 Å². The van der Waals surface area contributed by atoms with Crippen LogP contribution in [-0.2, 0) is 6.54 Å². The van der Waals surface area contributed by atoms with E-state index in [1.165, 1.54) is 6.20 Å². The predicted molar refractivity (Wildman–Crippen MR) is 81.6 cm³/mol. The molecule has 20 heavy (non-hydrogen) atoms. The van der Waals surface area contributed by atoms with Crippen molar-refractivity contribution in [2.45, 2.75) is 13.5 Å². The second-order valence-electron chi connectivity index (χ2n) is 4.25. The zero-order valence-electron chi connectivity index (χ0n) is 10.6. The number of hydrogen-bond acceptors (Lipinski definition) is 2. The quantitative estimate of drug-likeness (QED) is 0.913. The van der Waals surface area contributed by atoms with Gasteiger partial charge in [-0.3, -0.25) is 4.79 Å². The maximum absolute atomic E-state index is 12.0. The van der Waals surface area contributed by atoms with Gasteiger partial charge in [0, 0.05) is 12.7 Å². The van der Waals surface area contributed by atoms with Crippen molar-refractivity contribution in [3.63, 3.8) is 0 Å². The number of benzene rings is 1. The number of carbonyl (C=O) groups excluding carboxylic acids is 1. The van der Waals surface area contributed by atoms with Gasteiger partial charge in [0.15, 0.2) is 0 Å². The number of aryl methyl sites for hydroxylation is 1. The molecule has 3 nitrogen and oxygen atoms in total. The van der Waals surface area contributed by atoms with E-state index < -0.39 is 5.91 Å². The summed E-state index contributed by atoms with van der Waals surface area (Å²) in [6, 6.07) is 7.84. The normalized spacial score (nSPS) is 10.4. The predicted octanol–water partition coefficient (Wildman–Crippen LogP) is 4.28. The van der Waals surface area contributed by atoms with Crippen LogP contribution in [0.2, 0.25) is 15.1 Å². The Morgan fingerprint density at radius 2 is 1.80 bits per heavy atom. The van der Waals surface area contributed by atoms with Crippen LogP contribution in [0.4, 0.5) is 0 Å². The summed E-state index contributed by atoms with van der Waals surface area (Å²) in [4.78, 5) is 15.9. The van der Waals surface area contributed by atoms with Crippen LogP contribution in [0.1, 0.15) is 21.6 Å². The van der Waals surface area contributed by atoms with E-state index in [0.29, 0.717) is 6.54 Å². The van der Waals surface area contributed by atoms with Crippen LogP contribution in [0.5, 0.6) is 0 Å². The molecule has 0 saturated heterocycles. The zero-order chi connectivity index (χ0) is 14.7. The largest absolute Gasteiger partial charge is 0.347 e. The number of amides is 1. The van der Waals surface area contributed by atoms with Crippen LogP contribution in [0, 0.1) is 6.92 Å². The van der Waals surface area contributed by atoms with Crippen LogP contribution >= 0.6 is 34.8 Å². The molecule has 104 valence electrons. The summed E-state index contributed by atoms with van der Waals surface area (Å²) >= 11 is 17.6. The molecule has 1 heterocycles. The van der Waals surface area contributed by atoms with Crippen molar-refractivity contribution in [2.75, 3.05) is 0 Å². The van der Waals surface area contributed by atoms with E-state index in [-0.39, 0.29) is 20.8 Å². The van der Waals surface area contributed by atoms with E-state index in [1.807, 2.05) is 31.2 Å². The lowest BCUT2D eigenvalue weighted by Crippen LogP contribution is -2.24. The highest BCUT2D eigenvalue weighted by molar-refractivity contribution is 6.48. The number of pyridine rings is 1. The SMILES string of the molecule is Cc1ccc(CNC(=O)c2ncc(Cl)c(Cl)c2Cl)cc1. The molecule has 6 heteroatoms. The lowest BCUT2D eigenvalue weighted by Gasteiger charge is -2.08. The first-order chi connectivity index (χ1) is 9.49. The monoisotopic (exact) mass is 328 g/mol. The first-order valence-corrected chi connectivity index (χ1v) is 6.95. The summed E-state index contributed by atoms with van der Waals surface area (Å²) in [5, 5.41) is 3.13. The van der Waals surface area contributed by atoms with E-state index >= 15 is 0 Å². The highest BCUT2D eigenvalue weighted by Crippen LogP contribution is 2.30. The van der Waals surface area contributed by atoms with Gasteiger partial charge in [-0.2, -0.15) is 0 Å². The molecule has 0 aliphatic carbocycles.